The molecule has 5 rings (SSSR count). The van der Waals surface area contributed by atoms with E-state index in [1.165, 1.54) is 6.33 Å². The Morgan fingerprint density at radius 1 is 1.21 bits per heavy atom. The number of nitrogen functional groups attached to an aromatic ring is 1. The van der Waals surface area contributed by atoms with Crippen LogP contribution in [0.25, 0.3) is 22.3 Å². The van der Waals surface area contributed by atoms with Gasteiger partial charge in [-0.3, -0.25) is 0 Å². The summed E-state index contributed by atoms with van der Waals surface area (Å²) in [5.41, 5.74) is 9.71. The molecule has 0 spiro atoms. The molecular formula is C23H21N5O3S2. The summed E-state index contributed by atoms with van der Waals surface area (Å²) in [6, 6.07) is 14.9. The third-order valence-electron chi connectivity index (χ3n) is 5.75. The molecule has 1 saturated heterocycles. The Labute approximate surface area is 198 Å². The van der Waals surface area contributed by atoms with Crippen molar-refractivity contribution in [1.29, 1.82) is 0 Å². The highest BCUT2D eigenvalue weighted by Gasteiger charge is 2.34. The number of anilines is 1. The lowest BCUT2D eigenvalue weighted by atomic mass is 9.92. The predicted octanol–water partition coefficient (Wildman–Crippen LogP) is 4.33. The minimum Gasteiger partial charge on any atom is -0.497 e. The molecule has 0 radical (unpaired) electrons. The van der Waals surface area contributed by atoms with E-state index in [0.717, 1.165) is 22.6 Å². The fraction of sp³-hybridized carbons (Fsp3) is 0.217. The number of aromatic carboxylic acids is 1. The molecule has 1 fully saturated rings. The quantitative estimate of drug-likeness (QED) is 0.390. The van der Waals surface area contributed by atoms with Crippen molar-refractivity contribution in [2.45, 2.75) is 17.7 Å². The van der Waals surface area contributed by atoms with Crippen LogP contribution in [-0.2, 0) is 6.54 Å². The summed E-state index contributed by atoms with van der Waals surface area (Å²) in [6.45, 7) is 0.569. The number of carboxylic acid groups (broad SMARTS) is 1. The summed E-state index contributed by atoms with van der Waals surface area (Å²) in [4.78, 5) is 20.5. The standard InChI is InChI=1S/C23H21N5O3S2/c1-31-14-8-6-13(7-9-14)20-19-21(24)25-12-26-22(19)28(27-20)10-18-17(11-32-33-18)15-4-2-3-5-16(15)23(29)30/h2-9,12,17-18H,10-11H2,1H3,(H,29,30)(H2,24,25,26). The fourth-order valence-corrected chi connectivity index (χ4v) is 7.41. The first-order valence-corrected chi connectivity index (χ1v) is 12.7. The van der Waals surface area contributed by atoms with Crippen molar-refractivity contribution in [1.82, 2.24) is 19.7 Å². The molecule has 2 aromatic carbocycles. The van der Waals surface area contributed by atoms with E-state index in [4.69, 9.17) is 15.6 Å². The summed E-state index contributed by atoms with van der Waals surface area (Å²) in [6.07, 6.45) is 1.45. The van der Waals surface area contributed by atoms with Crippen LogP contribution in [-0.4, -0.2) is 48.9 Å². The molecule has 33 heavy (non-hydrogen) atoms. The van der Waals surface area contributed by atoms with Gasteiger partial charge in [-0.05, 0) is 35.9 Å². The van der Waals surface area contributed by atoms with E-state index in [1.54, 1.807) is 40.8 Å². The average Bonchev–Trinajstić information content (AvgIpc) is 3.45. The lowest BCUT2D eigenvalue weighted by molar-refractivity contribution is 0.0695. The second-order valence-electron chi connectivity index (χ2n) is 7.63. The van der Waals surface area contributed by atoms with Gasteiger partial charge >= 0.3 is 5.97 Å². The van der Waals surface area contributed by atoms with Crippen molar-refractivity contribution in [3.63, 3.8) is 0 Å². The number of hydrogen-bond acceptors (Lipinski definition) is 8. The molecule has 1 aliphatic rings. The van der Waals surface area contributed by atoms with E-state index >= 15 is 0 Å². The first-order chi connectivity index (χ1) is 16.1. The van der Waals surface area contributed by atoms with Gasteiger partial charge in [0, 0.05) is 22.5 Å². The van der Waals surface area contributed by atoms with Gasteiger partial charge < -0.3 is 15.6 Å². The van der Waals surface area contributed by atoms with E-state index in [-0.39, 0.29) is 11.2 Å². The fourth-order valence-electron chi connectivity index (χ4n) is 4.12. The molecular weight excluding hydrogens is 458 g/mol. The maximum Gasteiger partial charge on any atom is 0.335 e. The van der Waals surface area contributed by atoms with Crippen LogP contribution in [0.1, 0.15) is 21.8 Å². The molecule has 2 unspecified atom stereocenters. The Morgan fingerprint density at radius 2 is 2.00 bits per heavy atom. The number of fused-ring (bicyclic) bond motifs is 1. The van der Waals surface area contributed by atoms with Crippen LogP contribution >= 0.6 is 21.6 Å². The molecule has 2 aromatic heterocycles. The molecule has 0 aliphatic carbocycles. The number of carboxylic acids is 1. The van der Waals surface area contributed by atoms with Crippen molar-refractivity contribution in [3.05, 3.63) is 66.0 Å². The van der Waals surface area contributed by atoms with E-state index in [9.17, 15) is 9.90 Å². The number of benzene rings is 2. The number of aromatic nitrogens is 4. The molecule has 2 atom stereocenters. The Hall–Kier alpha value is -3.24. The summed E-state index contributed by atoms with van der Waals surface area (Å²) in [5.74, 6) is 1.14. The van der Waals surface area contributed by atoms with Crippen LogP contribution in [0.2, 0.25) is 0 Å². The van der Waals surface area contributed by atoms with Gasteiger partial charge in [0.1, 0.15) is 23.6 Å². The maximum atomic E-state index is 11.8. The van der Waals surface area contributed by atoms with Gasteiger partial charge in [-0.2, -0.15) is 5.10 Å². The van der Waals surface area contributed by atoms with Crippen molar-refractivity contribution in [2.24, 2.45) is 0 Å². The Kier molecular flexibility index (Phi) is 5.86. The smallest absolute Gasteiger partial charge is 0.335 e. The van der Waals surface area contributed by atoms with Gasteiger partial charge in [0.15, 0.2) is 5.65 Å². The first kappa shape index (κ1) is 21.6. The molecule has 3 N–H and O–H groups in total. The highest BCUT2D eigenvalue weighted by atomic mass is 33.1. The number of nitrogens with zero attached hydrogens (tertiary/aromatic N) is 4. The molecule has 3 heterocycles. The zero-order chi connectivity index (χ0) is 22.9. The lowest BCUT2D eigenvalue weighted by Crippen LogP contribution is -2.21. The molecule has 8 nitrogen and oxygen atoms in total. The number of hydrogen-bond donors (Lipinski definition) is 2. The van der Waals surface area contributed by atoms with Crippen LogP contribution in [0.15, 0.2) is 54.9 Å². The zero-order valence-electron chi connectivity index (χ0n) is 17.7. The zero-order valence-corrected chi connectivity index (χ0v) is 19.3. The Morgan fingerprint density at radius 3 is 2.76 bits per heavy atom. The van der Waals surface area contributed by atoms with Crippen molar-refractivity contribution in [2.75, 3.05) is 18.6 Å². The topological polar surface area (TPSA) is 116 Å². The second-order valence-corrected chi connectivity index (χ2v) is 10.3. The van der Waals surface area contributed by atoms with Gasteiger partial charge in [0.2, 0.25) is 0 Å². The van der Waals surface area contributed by atoms with Crippen LogP contribution in [0, 0.1) is 0 Å². The lowest BCUT2D eigenvalue weighted by Gasteiger charge is -2.20. The highest BCUT2D eigenvalue weighted by molar-refractivity contribution is 8.77. The first-order valence-electron chi connectivity index (χ1n) is 10.3. The van der Waals surface area contributed by atoms with Crippen molar-refractivity contribution >= 4 is 44.4 Å². The summed E-state index contributed by atoms with van der Waals surface area (Å²) in [5, 5.41) is 15.4. The third kappa shape index (κ3) is 4.00. The van der Waals surface area contributed by atoms with E-state index in [1.807, 2.05) is 41.1 Å². The van der Waals surface area contributed by atoms with Crippen LogP contribution in [0.5, 0.6) is 5.75 Å². The third-order valence-corrected chi connectivity index (χ3v) is 8.67. The number of carbonyl (C=O) groups is 1. The molecule has 168 valence electrons. The maximum absolute atomic E-state index is 11.8. The Bertz CT molecular complexity index is 1330. The van der Waals surface area contributed by atoms with Gasteiger partial charge in [0.05, 0.1) is 24.6 Å². The monoisotopic (exact) mass is 479 g/mol. The summed E-state index contributed by atoms with van der Waals surface area (Å²) >= 11 is 0. The van der Waals surface area contributed by atoms with Crippen molar-refractivity contribution < 1.29 is 14.6 Å². The number of ether oxygens (including phenoxy) is 1. The molecule has 10 heteroatoms. The minimum absolute atomic E-state index is 0.0789. The van der Waals surface area contributed by atoms with Gasteiger partial charge in [0.25, 0.3) is 0 Å². The van der Waals surface area contributed by atoms with E-state index in [2.05, 4.69) is 9.97 Å². The second kappa shape index (κ2) is 8.95. The molecule has 1 aliphatic heterocycles. The summed E-state index contributed by atoms with van der Waals surface area (Å²) < 4.78 is 7.14. The van der Waals surface area contributed by atoms with Gasteiger partial charge in [-0.15, -0.1) is 0 Å². The van der Waals surface area contributed by atoms with Crippen LogP contribution < -0.4 is 10.5 Å². The SMILES string of the molecule is COc1ccc(-c2nn(CC3SSCC3c3ccccc3C(=O)O)c3ncnc(N)c23)cc1. The normalized spacial score (nSPS) is 18.0. The van der Waals surface area contributed by atoms with E-state index < -0.39 is 5.97 Å². The number of methoxy groups -OCH3 is 1. The molecule has 0 saturated carbocycles. The Balaban J connectivity index is 1.54. The van der Waals surface area contributed by atoms with Gasteiger partial charge in [-0.25, -0.2) is 19.4 Å². The minimum atomic E-state index is -0.905. The number of nitrogens with two attached hydrogens (primary N) is 1. The van der Waals surface area contributed by atoms with Crippen LogP contribution in [0.4, 0.5) is 5.82 Å². The number of rotatable bonds is 6. The predicted molar refractivity (Wildman–Crippen MR) is 132 cm³/mol. The van der Waals surface area contributed by atoms with E-state index in [0.29, 0.717) is 34.7 Å². The van der Waals surface area contributed by atoms with Crippen LogP contribution in [0.3, 0.4) is 0 Å². The summed E-state index contributed by atoms with van der Waals surface area (Å²) in [7, 11) is 5.13. The largest absolute Gasteiger partial charge is 0.497 e. The molecule has 0 amide bonds. The van der Waals surface area contributed by atoms with Crippen molar-refractivity contribution in [3.8, 4) is 17.0 Å². The molecule has 0 bridgehead atoms. The van der Waals surface area contributed by atoms with Gasteiger partial charge in [-0.1, -0.05) is 39.8 Å². The molecule has 4 aromatic rings. The highest BCUT2D eigenvalue weighted by Crippen LogP contribution is 2.48. The average molecular weight is 480 g/mol.